The summed E-state index contributed by atoms with van der Waals surface area (Å²) < 4.78 is 18.6. The summed E-state index contributed by atoms with van der Waals surface area (Å²) in [6, 6.07) is 13.4. The van der Waals surface area contributed by atoms with Crippen LogP contribution in [0.3, 0.4) is 0 Å². The highest BCUT2D eigenvalue weighted by molar-refractivity contribution is 6.31. The second-order valence-corrected chi connectivity index (χ2v) is 5.94. The SMILES string of the molecule is C[C@@H](OC(=O)CCc1ccccc1F)C(=O)NCc1ccccc1Cl. The number of esters is 1. The van der Waals surface area contributed by atoms with E-state index in [1.807, 2.05) is 6.07 Å². The molecule has 2 aromatic carbocycles. The van der Waals surface area contributed by atoms with Gasteiger partial charge in [0.05, 0.1) is 0 Å². The lowest BCUT2D eigenvalue weighted by atomic mass is 10.1. The zero-order valence-corrected chi connectivity index (χ0v) is 14.6. The van der Waals surface area contributed by atoms with Crippen LogP contribution in [0.25, 0.3) is 0 Å². The van der Waals surface area contributed by atoms with Gasteiger partial charge in [-0.25, -0.2) is 4.39 Å². The Hall–Kier alpha value is -2.40. The largest absolute Gasteiger partial charge is 0.453 e. The monoisotopic (exact) mass is 363 g/mol. The van der Waals surface area contributed by atoms with Crippen molar-refractivity contribution >= 4 is 23.5 Å². The number of amides is 1. The van der Waals surface area contributed by atoms with Crippen molar-refractivity contribution in [3.05, 3.63) is 70.5 Å². The number of hydrogen-bond donors (Lipinski definition) is 1. The molecule has 4 nitrogen and oxygen atoms in total. The molecule has 0 aliphatic heterocycles. The van der Waals surface area contributed by atoms with Crippen LogP contribution >= 0.6 is 11.6 Å². The Morgan fingerprint density at radius 3 is 2.44 bits per heavy atom. The average molecular weight is 364 g/mol. The molecule has 1 N–H and O–H groups in total. The molecule has 25 heavy (non-hydrogen) atoms. The Morgan fingerprint density at radius 1 is 1.12 bits per heavy atom. The number of rotatable bonds is 7. The summed E-state index contributed by atoms with van der Waals surface area (Å²) in [4.78, 5) is 23.8. The Bertz CT molecular complexity index is 751. The van der Waals surface area contributed by atoms with Gasteiger partial charge in [0.25, 0.3) is 5.91 Å². The van der Waals surface area contributed by atoms with Gasteiger partial charge >= 0.3 is 5.97 Å². The fourth-order valence-electron chi connectivity index (χ4n) is 2.22. The molecule has 0 aliphatic carbocycles. The summed E-state index contributed by atoms with van der Waals surface area (Å²) in [5, 5.41) is 3.22. The molecule has 1 atom stereocenters. The molecule has 0 aliphatic rings. The lowest BCUT2D eigenvalue weighted by Gasteiger charge is -2.14. The first-order valence-electron chi connectivity index (χ1n) is 7.91. The van der Waals surface area contributed by atoms with Crippen LogP contribution in [0, 0.1) is 5.82 Å². The molecule has 6 heteroatoms. The van der Waals surface area contributed by atoms with Crippen molar-refractivity contribution in [2.45, 2.75) is 32.4 Å². The molecule has 2 rings (SSSR count). The second-order valence-electron chi connectivity index (χ2n) is 5.53. The minimum Gasteiger partial charge on any atom is -0.453 e. The number of carbonyl (C=O) groups excluding carboxylic acids is 2. The van der Waals surface area contributed by atoms with Crippen molar-refractivity contribution in [2.24, 2.45) is 0 Å². The molecular formula is C19H19ClFNO3. The zero-order chi connectivity index (χ0) is 18.2. The average Bonchev–Trinajstić information content (AvgIpc) is 2.60. The maximum Gasteiger partial charge on any atom is 0.306 e. The van der Waals surface area contributed by atoms with Gasteiger partial charge in [-0.2, -0.15) is 0 Å². The Labute approximate surface area is 150 Å². The van der Waals surface area contributed by atoms with E-state index >= 15 is 0 Å². The lowest BCUT2D eigenvalue weighted by molar-refractivity contribution is -0.154. The highest BCUT2D eigenvalue weighted by atomic mass is 35.5. The first kappa shape index (κ1) is 18.9. The van der Waals surface area contributed by atoms with Crippen LogP contribution in [-0.2, 0) is 27.3 Å². The molecule has 0 spiro atoms. The van der Waals surface area contributed by atoms with Crippen molar-refractivity contribution in [2.75, 3.05) is 0 Å². The van der Waals surface area contributed by atoms with Gasteiger partial charge in [-0.3, -0.25) is 9.59 Å². The molecule has 0 aromatic heterocycles. The van der Waals surface area contributed by atoms with E-state index in [0.717, 1.165) is 5.56 Å². The summed E-state index contributed by atoms with van der Waals surface area (Å²) >= 11 is 6.02. The van der Waals surface area contributed by atoms with Gasteiger partial charge in [0.15, 0.2) is 6.10 Å². The van der Waals surface area contributed by atoms with Crippen LogP contribution < -0.4 is 5.32 Å². The molecule has 2 aromatic rings. The first-order valence-corrected chi connectivity index (χ1v) is 8.29. The van der Waals surface area contributed by atoms with E-state index in [4.69, 9.17) is 16.3 Å². The smallest absolute Gasteiger partial charge is 0.306 e. The van der Waals surface area contributed by atoms with Crippen LogP contribution in [0.5, 0.6) is 0 Å². The molecule has 1 amide bonds. The number of hydrogen-bond acceptors (Lipinski definition) is 3. The third-order valence-electron chi connectivity index (χ3n) is 3.64. The van der Waals surface area contributed by atoms with Crippen molar-refractivity contribution in [1.29, 1.82) is 0 Å². The lowest BCUT2D eigenvalue weighted by Crippen LogP contribution is -2.35. The van der Waals surface area contributed by atoms with Gasteiger partial charge in [-0.15, -0.1) is 0 Å². The van der Waals surface area contributed by atoms with E-state index in [2.05, 4.69) is 5.32 Å². The van der Waals surface area contributed by atoms with Gasteiger partial charge in [-0.1, -0.05) is 48.0 Å². The number of nitrogens with one attached hydrogen (secondary N) is 1. The summed E-state index contributed by atoms with van der Waals surface area (Å²) in [5.74, 6) is -1.33. The normalized spacial score (nSPS) is 11.6. The van der Waals surface area contributed by atoms with Crippen LogP contribution in [0.1, 0.15) is 24.5 Å². The van der Waals surface area contributed by atoms with Crippen molar-refractivity contribution in [1.82, 2.24) is 5.32 Å². The van der Waals surface area contributed by atoms with Gasteiger partial charge in [0.1, 0.15) is 5.82 Å². The van der Waals surface area contributed by atoms with E-state index in [-0.39, 0.29) is 25.2 Å². The van der Waals surface area contributed by atoms with E-state index < -0.39 is 18.0 Å². The van der Waals surface area contributed by atoms with Crippen molar-refractivity contribution < 1.29 is 18.7 Å². The summed E-state index contributed by atoms with van der Waals surface area (Å²) in [6.45, 7) is 1.73. The topological polar surface area (TPSA) is 55.4 Å². The van der Waals surface area contributed by atoms with Gasteiger partial charge in [0, 0.05) is 18.0 Å². The molecule has 0 bridgehead atoms. The number of ether oxygens (including phenoxy) is 1. The molecule has 0 radical (unpaired) electrons. The zero-order valence-electron chi connectivity index (χ0n) is 13.8. The Morgan fingerprint density at radius 2 is 1.76 bits per heavy atom. The fraction of sp³-hybridized carbons (Fsp3) is 0.263. The predicted octanol–water partition coefficient (Wildman–Crippen LogP) is 3.66. The number of halogens is 2. The van der Waals surface area contributed by atoms with Crippen LogP contribution in [-0.4, -0.2) is 18.0 Å². The van der Waals surface area contributed by atoms with E-state index in [1.54, 1.807) is 36.4 Å². The Balaban J connectivity index is 1.77. The molecule has 0 saturated carbocycles. The quantitative estimate of drug-likeness (QED) is 0.764. The van der Waals surface area contributed by atoms with Gasteiger partial charge in [0.2, 0.25) is 0 Å². The van der Waals surface area contributed by atoms with Crippen LogP contribution in [0.15, 0.2) is 48.5 Å². The minimum atomic E-state index is -0.935. The highest BCUT2D eigenvalue weighted by Gasteiger charge is 2.18. The highest BCUT2D eigenvalue weighted by Crippen LogP contribution is 2.14. The maximum atomic E-state index is 13.5. The summed E-state index contributed by atoms with van der Waals surface area (Å²) in [7, 11) is 0. The number of benzene rings is 2. The molecule has 132 valence electrons. The summed E-state index contributed by atoms with van der Waals surface area (Å²) in [5.41, 5.74) is 1.21. The summed E-state index contributed by atoms with van der Waals surface area (Å²) in [6.07, 6.45) is -0.710. The number of carbonyl (C=O) groups is 2. The second kappa shape index (κ2) is 9.18. The predicted molar refractivity (Wildman–Crippen MR) is 93.6 cm³/mol. The van der Waals surface area contributed by atoms with E-state index in [9.17, 15) is 14.0 Å². The van der Waals surface area contributed by atoms with Crippen molar-refractivity contribution in [3.8, 4) is 0 Å². The molecular weight excluding hydrogens is 345 g/mol. The molecule has 0 unspecified atom stereocenters. The number of aryl methyl sites for hydroxylation is 1. The third-order valence-corrected chi connectivity index (χ3v) is 4.01. The molecule has 0 saturated heterocycles. The van der Waals surface area contributed by atoms with Crippen LogP contribution in [0.4, 0.5) is 4.39 Å². The van der Waals surface area contributed by atoms with Gasteiger partial charge < -0.3 is 10.1 Å². The molecule has 0 fully saturated rings. The standard InChI is InChI=1S/C19H19ClFNO3/c1-13(19(24)22-12-15-7-2-4-8-16(15)20)25-18(23)11-10-14-6-3-5-9-17(14)21/h2-9,13H,10-12H2,1H3,(H,22,24)/t13-/m1/s1. The Kier molecular flexibility index (Phi) is 6.95. The minimum absolute atomic E-state index is 0.00304. The van der Waals surface area contributed by atoms with Gasteiger partial charge in [-0.05, 0) is 36.6 Å². The fourth-order valence-corrected chi connectivity index (χ4v) is 2.42. The molecule has 0 heterocycles. The van der Waals surface area contributed by atoms with Crippen molar-refractivity contribution in [3.63, 3.8) is 0 Å². The maximum absolute atomic E-state index is 13.5. The van der Waals surface area contributed by atoms with E-state index in [1.165, 1.54) is 13.0 Å². The first-order chi connectivity index (χ1) is 12.0. The van der Waals surface area contributed by atoms with Crippen LogP contribution in [0.2, 0.25) is 5.02 Å². The van der Waals surface area contributed by atoms with E-state index in [0.29, 0.717) is 10.6 Å². The third kappa shape index (κ3) is 5.87.